The summed E-state index contributed by atoms with van der Waals surface area (Å²) in [4.78, 5) is 16.6. The van der Waals surface area contributed by atoms with Crippen LogP contribution in [-0.4, -0.2) is 16.0 Å². The maximum absolute atomic E-state index is 12.9. The molecule has 0 spiro atoms. The van der Waals surface area contributed by atoms with Gasteiger partial charge < -0.3 is 15.7 Å². The highest BCUT2D eigenvalue weighted by Crippen LogP contribution is 2.31. The Labute approximate surface area is 152 Å². The number of carbonyl (C=O) groups excluding carboxylic acids is 1. The van der Waals surface area contributed by atoms with Gasteiger partial charge in [-0.2, -0.15) is 13.2 Å². The maximum Gasteiger partial charge on any atom is 0.416 e. The fourth-order valence-corrected chi connectivity index (χ4v) is 2.34. The van der Waals surface area contributed by atoms with Crippen LogP contribution in [-0.2, 0) is 6.18 Å². The predicted molar refractivity (Wildman–Crippen MR) is 95.0 cm³/mol. The minimum absolute atomic E-state index is 0.0567. The van der Waals surface area contributed by atoms with Crippen LogP contribution in [0.1, 0.15) is 15.9 Å². The summed E-state index contributed by atoms with van der Waals surface area (Å²) >= 11 is 0. The van der Waals surface area contributed by atoms with Crippen LogP contribution in [0.4, 0.5) is 30.4 Å². The molecule has 0 aliphatic heterocycles. The zero-order valence-corrected chi connectivity index (χ0v) is 13.8. The highest BCUT2D eigenvalue weighted by Gasteiger charge is 2.30. The molecule has 0 atom stereocenters. The summed E-state index contributed by atoms with van der Waals surface area (Å²) in [6, 6.07) is 13.5. The van der Waals surface area contributed by atoms with Gasteiger partial charge in [-0.15, -0.1) is 0 Å². The van der Waals surface area contributed by atoms with Crippen molar-refractivity contribution in [3.05, 3.63) is 78.0 Å². The molecule has 0 fully saturated rings. The number of benzene rings is 2. The number of phenolic OH excluding ortho intramolecular Hbond substituents is 1. The number of pyridine rings is 1. The van der Waals surface area contributed by atoms with Crippen molar-refractivity contribution in [2.75, 3.05) is 10.6 Å². The molecule has 27 heavy (non-hydrogen) atoms. The number of aromatic nitrogens is 1. The number of halogens is 3. The molecule has 3 aromatic rings. The van der Waals surface area contributed by atoms with Crippen molar-refractivity contribution in [1.29, 1.82) is 0 Å². The molecule has 0 unspecified atom stereocenters. The van der Waals surface area contributed by atoms with Crippen molar-refractivity contribution < 1.29 is 23.1 Å². The van der Waals surface area contributed by atoms with E-state index in [1.54, 1.807) is 6.07 Å². The van der Waals surface area contributed by atoms with Crippen molar-refractivity contribution in [3.8, 4) is 5.75 Å². The molecule has 1 heterocycles. The van der Waals surface area contributed by atoms with Gasteiger partial charge in [0.1, 0.15) is 11.6 Å². The van der Waals surface area contributed by atoms with Crippen LogP contribution >= 0.6 is 0 Å². The van der Waals surface area contributed by atoms with Crippen LogP contribution in [0.15, 0.2) is 66.9 Å². The normalized spacial score (nSPS) is 11.1. The summed E-state index contributed by atoms with van der Waals surface area (Å²) < 4.78 is 38.6. The first-order chi connectivity index (χ1) is 12.8. The fourth-order valence-electron chi connectivity index (χ4n) is 2.34. The average Bonchev–Trinajstić information content (AvgIpc) is 2.63. The van der Waals surface area contributed by atoms with Crippen LogP contribution in [0.25, 0.3) is 0 Å². The first kappa shape index (κ1) is 18.2. The number of amides is 1. The van der Waals surface area contributed by atoms with Gasteiger partial charge in [0.2, 0.25) is 0 Å². The molecular formula is C19H14F3N3O2. The van der Waals surface area contributed by atoms with E-state index < -0.39 is 17.6 Å². The highest BCUT2D eigenvalue weighted by atomic mass is 19.4. The molecule has 8 heteroatoms. The standard InChI is InChI=1S/C19H14F3N3O2/c20-19(21,22)12-3-1-4-14(11-12)24-17-16(5-2-10-23-17)18(27)25-13-6-8-15(26)9-7-13/h1-11,26H,(H,23,24)(H,25,27). The lowest BCUT2D eigenvalue weighted by Crippen LogP contribution is -2.14. The van der Waals surface area contributed by atoms with Gasteiger partial charge >= 0.3 is 6.18 Å². The first-order valence-corrected chi connectivity index (χ1v) is 7.82. The van der Waals surface area contributed by atoms with E-state index >= 15 is 0 Å². The molecule has 0 bridgehead atoms. The van der Waals surface area contributed by atoms with Gasteiger partial charge in [-0.3, -0.25) is 4.79 Å². The zero-order chi connectivity index (χ0) is 19.4. The van der Waals surface area contributed by atoms with Gasteiger partial charge in [-0.05, 0) is 54.6 Å². The number of nitrogens with zero attached hydrogens (tertiary/aromatic N) is 1. The average molecular weight is 373 g/mol. The number of carbonyl (C=O) groups is 1. The molecule has 138 valence electrons. The second-order valence-electron chi connectivity index (χ2n) is 5.60. The Kier molecular flexibility index (Phi) is 4.98. The Morgan fingerprint density at radius 1 is 0.963 bits per heavy atom. The predicted octanol–water partition coefficient (Wildman–Crippen LogP) is 4.80. The lowest BCUT2D eigenvalue weighted by Gasteiger charge is -2.13. The van der Waals surface area contributed by atoms with Gasteiger partial charge in [0, 0.05) is 17.6 Å². The Hall–Kier alpha value is -3.55. The van der Waals surface area contributed by atoms with E-state index in [0.717, 1.165) is 12.1 Å². The molecule has 3 rings (SSSR count). The van der Waals surface area contributed by atoms with Gasteiger partial charge in [-0.1, -0.05) is 6.07 Å². The molecule has 0 radical (unpaired) electrons. The smallest absolute Gasteiger partial charge is 0.416 e. The monoisotopic (exact) mass is 373 g/mol. The highest BCUT2D eigenvalue weighted by molar-refractivity contribution is 6.07. The zero-order valence-electron chi connectivity index (χ0n) is 13.8. The Morgan fingerprint density at radius 2 is 1.70 bits per heavy atom. The van der Waals surface area contributed by atoms with Gasteiger partial charge in [-0.25, -0.2) is 4.98 Å². The van der Waals surface area contributed by atoms with Gasteiger partial charge in [0.15, 0.2) is 0 Å². The number of phenols is 1. The van der Waals surface area contributed by atoms with Crippen molar-refractivity contribution in [2.24, 2.45) is 0 Å². The van der Waals surface area contributed by atoms with Gasteiger partial charge in [0.25, 0.3) is 5.91 Å². The van der Waals surface area contributed by atoms with Crippen LogP contribution in [0.5, 0.6) is 5.75 Å². The summed E-state index contributed by atoms with van der Waals surface area (Å²) in [6.45, 7) is 0. The second kappa shape index (κ2) is 7.36. The van der Waals surface area contributed by atoms with Crippen LogP contribution in [0.3, 0.4) is 0 Å². The minimum atomic E-state index is -4.47. The molecule has 0 saturated heterocycles. The third-order valence-electron chi connectivity index (χ3n) is 3.63. The third kappa shape index (κ3) is 4.55. The molecule has 5 nitrogen and oxygen atoms in total. The lowest BCUT2D eigenvalue weighted by atomic mass is 10.1. The van der Waals surface area contributed by atoms with Crippen molar-refractivity contribution in [2.45, 2.75) is 6.18 Å². The Balaban J connectivity index is 1.84. The summed E-state index contributed by atoms with van der Waals surface area (Å²) in [5.74, 6) is -0.322. The fraction of sp³-hybridized carbons (Fsp3) is 0.0526. The minimum Gasteiger partial charge on any atom is -0.508 e. The number of alkyl halides is 3. The summed E-state index contributed by atoms with van der Waals surface area (Å²) in [6.07, 6.45) is -3.05. The first-order valence-electron chi connectivity index (χ1n) is 7.82. The largest absolute Gasteiger partial charge is 0.508 e. The van der Waals surface area contributed by atoms with Crippen molar-refractivity contribution in [3.63, 3.8) is 0 Å². The van der Waals surface area contributed by atoms with E-state index in [0.29, 0.717) is 5.69 Å². The van der Waals surface area contributed by atoms with E-state index in [1.165, 1.54) is 48.7 Å². The molecular weight excluding hydrogens is 359 g/mol. The van der Waals surface area contributed by atoms with E-state index in [-0.39, 0.29) is 22.8 Å². The number of hydrogen-bond donors (Lipinski definition) is 3. The molecule has 1 aromatic heterocycles. The number of rotatable bonds is 4. The van der Waals surface area contributed by atoms with E-state index in [9.17, 15) is 23.1 Å². The molecule has 3 N–H and O–H groups in total. The lowest BCUT2D eigenvalue weighted by molar-refractivity contribution is -0.137. The topological polar surface area (TPSA) is 74.2 Å². The number of nitrogens with one attached hydrogen (secondary N) is 2. The quantitative estimate of drug-likeness (QED) is 0.574. The molecule has 0 aliphatic rings. The van der Waals surface area contributed by atoms with Crippen molar-refractivity contribution in [1.82, 2.24) is 4.98 Å². The van der Waals surface area contributed by atoms with Crippen LogP contribution < -0.4 is 10.6 Å². The number of anilines is 3. The SMILES string of the molecule is O=C(Nc1ccc(O)cc1)c1cccnc1Nc1cccc(C(F)(F)F)c1. The van der Waals surface area contributed by atoms with E-state index in [4.69, 9.17) is 0 Å². The summed E-state index contributed by atoms with van der Waals surface area (Å²) in [5.41, 5.74) is -0.0459. The Morgan fingerprint density at radius 3 is 2.41 bits per heavy atom. The third-order valence-corrected chi connectivity index (χ3v) is 3.63. The molecule has 2 aromatic carbocycles. The van der Waals surface area contributed by atoms with Gasteiger partial charge in [0.05, 0.1) is 11.1 Å². The number of aromatic hydroxyl groups is 1. The maximum atomic E-state index is 12.9. The van der Waals surface area contributed by atoms with Crippen LogP contribution in [0.2, 0.25) is 0 Å². The van der Waals surface area contributed by atoms with Crippen LogP contribution in [0, 0.1) is 0 Å². The molecule has 0 saturated carbocycles. The Bertz CT molecular complexity index is 957. The second-order valence-corrected chi connectivity index (χ2v) is 5.60. The molecule has 1 amide bonds. The molecule has 0 aliphatic carbocycles. The summed E-state index contributed by atoms with van der Waals surface area (Å²) in [7, 11) is 0. The number of hydrogen-bond acceptors (Lipinski definition) is 4. The van der Waals surface area contributed by atoms with E-state index in [1.807, 2.05) is 0 Å². The summed E-state index contributed by atoms with van der Waals surface area (Å²) in [5, 5.41) is 14.7. The van der Waals surface area contributed by atoms with E-state index in [2.05, 4.69) is 15.6 Å². The van der Waals surface area contributed by atoms with Crippen molar-refractivity contribution >= 4 is 23.1 Å².